The summed E-state index contributed by atoms with van der Waals surface area (Å²) in [5, 5.41) is 2.46. The maximum atomic E-state index is 13.0. The molecule has 6 heteroatoms. The summed E-state index contributed by atoms with van der Waals surface area (Å²) in [6.07, 6.45) is 0. The van der Waals surface area contributed by atoms with Crippen LogP contribution in [0.2, 0.25) is 0 Å². The van der Waals surface area contributed by atoms with Crippen LogP contribution in [-0.2, 0) is 20.1 Å². The molecular weight excluding hydrogens is 329 g/mol. The molecule has 4 nitrogen and oxygen atoms in total. The van der Waals surface area contributed by atoms with Gasteiger partial charge >= 0.3 is 5.97 Å². The predicted molar refractivity (Wildman–Crippen MR) is 93.3 cm³/mol. The van der Waals surface area contributed by atoms with Gasteiger partial charge in [0, 0.05) is 11.4 Å². The zero-order chi connectivity index (χ0) is 17.4. The first kappa shape index (κ1) is 18.0. The molecule has 0 aliphatic carbocycles. The van der Waals surface area contributed by atoms with Crippen molar-refractivity contribution in [2.24, 2.45) is 0 Å². The fourth-order valence-corrected chi connectivity index (χ4v) is 2.67. The first-order valence-electron chi connectivity index (χ1n) is 7.37. The monoisotopic (exact) mass is 347 g/mol. The molecule has 0 saturated carbocycles. The van der Waals surface area contributed by atoms with Gasteiger partial charge in [-0.2, -0.15) is 0 Å². The van der Waals surface area contributed by atoms with E-state index in [1.807, 2.05) is 31.2 Å². The lowest BCUT2D eigenvalue weighted by atomic mass is 10.2. The van der Waals surface area contributed by atoms with Gasteiger partial charge in [0.1, 0.15) is 5.82 Å². The summed E-state index contributed by atoms with van der Waals surface area (Å²) in [5.74, 6) is -0.539. The predicted octanol–water partition coefficient (Wildman–Crippen LogP) is 3.55. The number of aryl methyl sites for hydroxylation is 1. The lowest BCUT2D eigenvalue weighted by Gasteiger charge is -2.07. The third-order valence-corrected chi connectivity index (χ3v) is 4.06. The quantitative estimate of drug-likeness (QED) is 0.778. The van der Waals surface area contributed by atoms with E-state index in [9.17, 15) is 14.0 Å². The van der Waals surface area contributed by atoms with Crippen molar-refractivity contribution in [1.82, 2.24) is 0 Å². The van der Waals surface area contributed by atoms with Gasteiger partial charge in [-0.05, 0) is 30.7 Å². The molecule has 0 spiro atoms. The number of carbonyl (C=O) groups is 2. The van der Waals surface area contributed by atoms with Crippen LogP contribution in [-0.4, -0.2) is 24.2 Å². The van der Waals surface area contributed by atoms with Crippen LogP contribution in [0.1, 0.15) is 11.1 Å². The smallest absolute Gasteiger partial charge is 0.316 e. The fourth-order valence-electron chi connectivity index (χ4n) is 1.89. The molecule has 0 aromatic heterocycles. The molecule has 2 aromatic carbocycles. The summed E-state index contributed by atoms with van der Waals surface area (Å²) in [5.41, 5.74) is 2.64. The van der Waals surface area contributed by atoms with Gasteiger partial charge in [-0.1, -0.05) is 35.9 Å². The fraction of sp³-hybridized carbons (Fsp3) is 0.222. The molecule has 2 rings (SSSR count). The van der Waals surface area contributed by atoms with Gasteiger partial charge < -0.3 is 10.1 Å². The van der Waals surface area contributed by atoms with E-state index in [-0.39, 0.29) is 12.4 Å². The highest BCUT2D eigenvalue weighted by Gasteiger charge is 2.08. The number of amides is 1. The molecule has 0 aliphatic rings. The van der Waals surface area contributed by atoms with Crippen LogP contribution in [0, 0.1) is 12.7 Å². The van der Waals surface area contributed by atoms with E-state index >= 15 is 0 Å². The summed E-state index contributed by atoms with van der Waals surface area (Å²) >= 11 is 1.42. The van der Waals surface area contributed by atoms with E-state index < -0.39 is 17.7 Å². The Bertz CT molecular complexity index is 704. The standard InChI is InChI=1S/C18H18FNO3S/c1-13-5-7-14(8-6-13)11-24-12-18(22)23-10-17(21)20-16-4-2-3-15(19)9-16/h2-9H,10-12H2,1H3,(H,20,21). The van der Waals surface area contributed by atoms with E-state index in [1.54, 1.807) is 6.07 Å². The Kier molecular flexibility index (Phi) is 6.81. The number of halogens is 1. The minimum Gasteiger partial charge on any atom is -0.455 e. The molecule has 1 amide bonds. The first-order chi connectivity index (χ1) is 11.5. The van der Waals surface area contributed by atoms with Gasteiger partial charge in [0.25, 0.3) is 5.91 Å². The SMILES string of the molecule is Cc1ccc(CSCC(=O)OCC(=O)Nc2cccc(F)c2)cc1. The Morgan fingerprint density at radius 2 is 1.92 bits per heavy atom. The first-order valence-corrected chi connectivity index (χ1v) is 8.53. The van der Waals surface area contributed by atoms with Crippen molar-refractivity contribution in [3.63, 3.8) is 0 Å². The van der Waals surface area contributed by atoms with Crippen molar-refractivity contribution >= 4 is 29.3 Å². The Morgan fingerprint density at radius 3 is 2.62 bits per heavy atom. The second kappa shape index (κ2) is 9.08. The van der Waals surface area contributed by atoms with Crippen LogP contribution in [0.3, 0.4) is 0 Å². The molecular formula is C18H18FNO3S. The maximum absolute atomic E-state index is 13.0. The van der Waals surface area contributed by atoms with Gasteiger partial charge in [-0.15, -0.1) is 11.8 Å². The zero-order valence-electron chi connectivity index (χ0n) is 13.3. The molecule has 0 unspecified atom stereocenters. The largest absolute Gasteiger partial charge is 0.455 e. The van der Waals surface area contributed by atoms with Gasteiger partial charge in [0.2, 0.25) is 0 Å². The lowest BCUT2D eigenvalue weighted by molar-refractivity contribution is -0.144. The Hall–Kier alpha value is -2.34. The van der Waals surface area contributed by atoms with Gasteiger partial charge in [0.05, 0.1) is 5.75 Å². The van der Waals surface area contributed by atoms with Crippen molar-refractivity contribution in [3.8, 4) is 0 Å². The number of esters is 1. The number of rotatable bonds is 7. The maximum Gasteiger partial charge on any atom is 0.316 e. The summed E-state index contributed by atoms with van der Waals surface area (Å²) in [6, 6.07) is 13.6. The number of carbonyl (C=O) groups excluding carboxylic acids is 2. The number of ether oxygens (including phenoxy) is 1. The van der Waals surface area contributed by atoms with Crippen molar-refractivity contribution < 1.29 is 18.7 Å². The van der Waals surface area contributed by atoms with Crippen molar-refractivity contribution in [1.29, 1.82) is 0 Å². The zero-order valence-corrected chi connectivity index (χ0v) is 14.1. The number of benzene rings is 2. The minimum atomic E-state index is -0.502. The van der Waals surface area contributed by atoms with Crippen LogP contribution in [0.25, 0.3) is 0 Å². The molecule has 1 N–H and O–H groups in total. The highest BCUT2D eigenvalue weighted by Crippen LogP contribution is 2.13. The summed E-state index contributed by atoms with van der Waals surface area (Å²) in [6.45, 7) is 1.63. The molecule has 126 valence electrons. The summed E-state index contributed by atoms with van der Waals surface area (Å²) < 4.78 is 17.9. The molecule has 0 radical (unpaired) electrons. The molecule has 0 heterocycles. The Morgan fingerprint density at radius 1 is 1.17 bits per heavy atom. The summed E-state index contributed by atoms with van der Waals surface area (Å²) in [4.78, 5) is 23.3. The van der Waals surface area contributed by atoms with Gasteiger partial charge in [0.15, 0.2) is 6.61 Å². The second-order valence-electron chi connectivity index (χ2n) is 5.20. The van der Waals surface area contributed by atoms with Crippen LogP contribution < -0.4 is 5.32 Å². The number of hydrogen-bond acceptors (Lipinski definition) is 4. The average Bonchev–Trinajstić information content (AvgIpc) is 2.55. The highest BCUT2D eigenvalue weighted by atomic mass is 32.2. The van der Waals surface area contributed by atoms with Crippen LogP contribution in [0.15, 0.2) is 48.5 Å². The number of hydrogen-bond donors (Lipinski definition) is 1. The molecule has 0 atom stereocenters. The third-order valence-electron chi connectivity index (χ3n) is 3.08. The van der Waals surface area contributed by atoms with E-state index in [1.165, 1.54) is 35.5 Å². The Labute approximate surface area is 144 Å². The molecule has 0 fully saturated rings. The van der Waals surface area contributed by atoms with Gasteiger partial charge in [-0.25, -0.2) is 4.39 Å². The topological polar surface area (TPSA) is 55.4 Å². The van der Waals surface area contributed by atoms with Crippen molar-refractivity contribution in [2.75, 3.05) is 17.7 Å². The van der Waals surface area contributed by atoms with Crippen molar-refractivity contribution in [3.05, 3.63) is 65.5 Å². The lowest BCUT2D eigenvalue weighted by Crippen LogP contribution is -2.21. The molecule has 0 aliphatic heterocycles. The van der Waals surface area contributed by atoms with E-state index in [4.69, 9.17) is 4.74 Å². The number of anilines is 1. The van der Waals surface area contributed by atoms with E-state index in [0.717, 1.165) is 5.56 Å². The molecule has 0 bridgehead atoms. The second-order valence-corrected chi connectivity index (χ2v) is 6.18. The van der Waals surface area contributed by atoms with Crippen LogP contribution >= 0.6 is 11.8 Å². The van der Waals surface area contributed by atoms with Gasteiger partial charge in [-0.3, -0.25) is 9.59 Å². The average molecular weight is 347 g/mol. The molecule has 0 saturated heterocycles. The van der Waals surface area contributed by atoms with Crippen molar-refractivity contribution in [2.45, 2.75) is 12.7 Å². The molecule has 24 heavy (non-hydrogen) atoms. The number of nitrogens with one attached hydrogen (secondary N) is 1. The normalized spacial score (nSPS) is 10.2. The minimum absolute atomic E-state index is 0.168. The number of thioether (sulfide) groups is 1. The third kappa shape index (κ3) is 6.42. The summed E-state index contributed by atoms with van der Waals surface area (Å²) in [7, 11) is 0. The van der Waals surface area contributed by atoms with Crippen LogP contribution in [0.5, 0.6) is 0 Å². The van der Waals surface area contributed by atoms with E-state index in [0.29, 0.717) is 11.4 Å². The highest BCUT2D eigenvalue weighted by molar-refractivity contribution is 7.99. The molecule has 2 aromatic rings. The van der Waals surface area contributed by atoms with E-state index in [2.05, 4.69) is 5.32 Å². The Balaban J connectivity index is 1.65. The van der Waals surface area contributed by atoms with Crippen LogP contribution in [0.4, 0.5) is 10.1 Å².